The number of para-hydroxylation sites is 1. The summed E-state index contributed by atoms with van der Waals surface area (Å²) in [6, 6.07) is 5.29. The van der Waals surface area contributed by atoms with E-state index in [4.69, 9.17) is 10.5 Å². The van der Waals surface area contributed by atoms with Gasteiger partial charge in [0.1, 0.15) is 21.1 Å². The Kier molecular flexibility index (Phi) is 4.41. The van der Waals surface area contributed by atoms with Gasteiger partial charge in [-0.25, -0.2) is 13.4 Å². The van der Waals surface area contributed by atoms with Gasteiger partial charge >= 0.3 is 0 Å². The number of sulfone groups is 1. The third kappa shape index (κ3) is 3.47. The molecule has 2 rings (SSSR count). The molecule has 1 aromatic carbocycles. The zero-order valence-electron chi connectivity index (χ0n) is 12.5. The zero-order valence-corrected chi connectivity index (χ0v) is 13.4. The van der Waals surface area contributed by atoms with Crippen LogP contribution in [0.3, 0.4) is 0 Å². The van der Waals surface area contributed by atoms with Crippen molar-refractivity contribution in [1.29, 1.82) is 0 Å². The summed E-state index contributed by atoms with van der Waals surface area (Å²) in [5, 5.41) is 0. The molecule has 1 aromatic heterocycles. The molecule has 0 amide bonds. The maximum atomic E-state index is 11.5. The van der Waals surface area contributed by atoms with Gasteiger partial charge in [-0.2, -0.15) is 0 Å². The fourth-order valence-corrected chi connectivity index (χ4v) is 3.44. The third-order valence-electron chi connectivity index (χ3n) is 3.16. The van der Waals surface area contributed by atoms with Crippen LogP contribution in [0, 0.1) is 0 Å². The molecule has 0 aliphatic rings. The van der Waals surface area contributed by atoms with E-state index in [-0.39, 0.29) is 11.8 Å². The molecule has 21 heavy (non-hydrogen) atoms. The number of anilines is 1. The van der Waals surface area contributed by atoms with E-state index in [0.717, 1.165) is 11.9 Å². The smallest absolute Gasteiger partial charge is 0.201 e. The summed E-state index contributed by atoms with van der Waals surface area (Å²) in [5.41, 5.74) is 7.43. The van der Waals surface area contributed by atoms with Gasteiger partial charge in [-0.1, -0.05) is 13.0 Å². The fourth-order valence-electron chi connectivity index (χ4n) is 2.41. The first kappa shape index (κ1) is 15.6. The van der Waals surface area contributed by atoms with Gasteiger partial charge in [0.15, 0.2) is 0 Å². The lowest BCUT2D eigenvalue weighted by atomic mass is 10.2. The number of ether oxygens (including phenoxy) is 1. The Hall–Kier alpha value is -1.76. The average Bonchev–Trinajstić information content (AvgIpc) is 2.70. The van der Waals surface area contributed by atoms with E-state index in [0.29, 0.717) is 23.8 Å². The van der Waals surface area contributed by atoms with Crippen molar-refractivity contribution in [1.82, 2.24) is 9.55 Å². The minimum atomic E-state index is -3.09. The first-order chi connectivity index (χ1) is 9.83. The molecule has 2 N–H and O–H groups in total. The van der Waals surface area contributed by atoms with Crippen LogP contribution in [0.1, 0.15) is 26.3 Å². The first-order valence-electron chi connectivity index (χ1n) is 6.90. The Bertz CT molecular complexity index is 737. The number of fused-ring (bicyclic) bond motifs is 1. The summed E-state index contributed by atoms with van der Waals surface area (Å²) >= 11 is 0. The zero-order chi connectivity index (χ0) is 15.6. The topological polar surface area (TPSA) is 87.2 Å². The maximum Gasteiger partial charge on any atom is 0.201 e. The van der Waals surface area contributed by atoms with Crippen LogP contribution in [0.2, 0.25) is 0 Å². The number of hydrogen-bond acceptors (Lipinski definition) is 5. The van der Waals surface area contributed by atoms with Crippen LogP contribution in [-0.4, -0.2) is 36.6 Å². The fraction of sp³-hybridized carbons (Fsp3) is 0.500. The quantitative estimate of drug-likeness (QED) is 0.881. The van der Waals surface area contributed by atoms with E-state index in [2.05, 4.69) is 4.98 Å². The summed E-state index contributed by atoms with van der Waals surface area (Å²) in [4.78, 5) is 4.34. The molecule has 0 spiro atoms. The second kappa shape index (κ2) is 5.93. The molecule has 2 aromatic rings. The van der Waals surface area contributed by atoms with Crippen molar-refractivity contribution in [3.63, 3.8) is 0 Å². The second-order valence-electron chi connectivity index (χ2n) is 5.25. The van der Waals surface area contributed by atoms with Crippen molar-refractivity contribution < 1.29 is 13.2 Å². The van der Waals surface area contributed by atoms with Crippen LogP contribution in [0.25, 0.3) is 11.0 Å². The molecule has 0 radical (unpaired) electrons. The Labute approximate surface area is 124 Å². The highest BCUT2D eigenvalue weighted by atomic mass is 32.2. The SMILES string of the molecule is CCCOc1cccc2c1nc(N)n2C(C)CS(C)(=O)=O. The van der Waals surface area contributed by atoms with Gasteiger partial charge < -0.3 is 15.0 Å². The number of aromatic nitrogens is 2. The van der Waals surface area contributed by atoms with E-state index in [1.807, 2.05) is 32.0 Å². The second-order valence-corrected chi connectivity index (χ2v) is 7.44. The number of nitrogens with two attached hydrogens (primary N) is 1. The maximum absolute atomic E-state index is 11.5. The van der Waals surface area contributed by atoms with Gasteiger partial charge in [-0.3, -0.25) is 0 Å². The molecule has 0 fully saturated rings. The van der Waals surface area contributed by atoms with E-state index < -0.39 is 9.84 Å². The lowest BCUT2D eigenvalue weighted by Gasteiger charge is -2.15. The van der Waals surface area contributed by atoms with E-state index in [9.17, 15) is 8.42 Å². The predicted molar refractivity (Wildman–Crippen MR) is 84.4 cm³/mol. The minimum absolute atomic E-state index is 0.0166. The van der Waals surface area contributed by atoms with Gasteiger partial charge in [-0.05, 0) is 25.5 Å². The molecule has 0 saturated heterocycles. The Morgan fingerprint density at radius 1 is 1.43 bits per heavy atom. The lowest BCUT2D eigenvalue weighted by molar-refractivity contribution is 0.320. The molecule has 1 heterocycles. The molecular formula is C14H21N3O3S. The Morgan fingerprint density at radius 2 is 2.14 bits per heavy atom. The van der Waals surface area contributed by atoms with Gasteiger partial charge in [0, 0.05) is 12.3 Å². The van der Waals surface area contributed by atoms with Crippen LogP contribution < -0.4 is 10.5 Å². The van der Waals surface area contributed by atoms with Crippen molar-refractivity contribution in [2.45, 2.75) is 26.3 Å². The molecule has 7 heteroatoms. The highest BCUT2D eigenvalue weighted by Gasteiger charge is 2.19. The monoisotopic (exact) mass is 311 g/mol. The number of hydrogen-bond donors (Lipinski definition) is 1. The Morgan fingerprint density at radius 3 is 2.76 bits per heavy atom. The van der Waals surface area contributed by atoms with Crippen molar-refractivity contribution in [2.75, 3.05) is 24.3 Å². The van der Waals surface area contributed by atoms with E-state index in [1.165, 1.54) is 6.26 Å². The van der Waals surface area contributed by atoms with Crippen molar-refractivity contribution in [2.24, 2.45) is 0 Å². The normalized spacial score (nSPS) is 13.5. The molecular weight excluding hydrogens is 290 g/mol. The molecule has 0 aliphatic heterocycles. The van der Waals surface area contributed by atoms with Gasteiger partial charge in [0.25, 0.3) is 0 Å². The standard InChI is InChI=1S/C14H21N3O3S/c1-4-8-20-12-7-5-6-11-13(12)16-14(15)17(11)10(2)9-21(3,18)19/h5-7,10H,4,8-9H2,1-3H3,(H2,15,16). The highest BCUT2D eigenvalue weighted by Crippen LogP contribution is 2.30. The lowest BCUT2D eigenvalue weighted by Crippen LogP contribution is -2.18. The molecule has 116 valence electrons. The average molecular weight is 311 g/mol. The number of rotatable bonds is 6. The van der Waals surface area contributed by atoms with Crippen molar-refractivity contribution in [3.8, 4) is 5.75 Å². The van der Waals surface area contributed by atoms with Crippen LogP contribution in [0.5, 0.6) is 5.75 Å². The summed E-state index contributed by atoms with van der Waals surface area (Å²) in [7, 11) is -3.09. The van der Waals surface area contributed by atoms with E-state index >= 15 is 0 Å². The van der Waals surface area contributed by atoms with Gasteiger partial charge in [0.2, 0.25) is 5.95 Å². The van der Waals surface area contributed by atoms with Gasteiger partial charge in [-0.15, -0.1) is 0 Å². The molecule has 1 atom stereocenters. The molecule has 1 unspecified atom stereocenters. The van der Waals surface area contributed by atoms with Crippen LogP contribution >= 0.6 is 0 Å². The third-order valence-corrected chi connectivity index (χ3v) is 4.24. The summed E-state index contributed by atoms with van der Waals surface area (Å²) in [5.74, 6) is 0.989. The minimum Gasteiger partial charge on any atom is -0.491 e. The molecule has 6 nitrogen and oxygen atoms in total. The summed E-state index contributed by atoms with van der Waals surface area (Å²) < 4.78 is 30.4. The number of benzene rings is 1. The predicted octanol–water partition coefficient (Wildman–Crippen LogP) is 2.01. The van der Waals surface area contributed by atoms with Crippen molar-refractivity contribution >= 4 is 26.8 Å². The molecule has 0 aliphatic carbocycles. The van der Waals surface area contributed by atoms with Crippen LogP contribution in [0.4, 0.5) is 5.95 Å². The van der Waals surface area contributed by atoms with Gasteiger partial charge in [0.05, 0.1) is 17.9 Å². The van der Waals surface area contributed by atoms with Crippen LogP contribution in [-0.2, 0) is 9.84 Å². The van der Waals surface area contributed by atoms with E-state index in [1.54, 1.807) is 4.57 Å². The first-order valence-corrected chi connectivity index (χ1v) is 8.96. The molecule has 0 bridgehead atoms. The highest BCUT2D eigenvalue weighted by molar-refractivity contribution is 7.90. The van der Waals surface area contributed by atoms with Crippen LogP contribution in [0.15, 0.2) is 18.2 Å². The number of nitrogens with zero attached hydrogens (tertiary/aromatic N) is 2. The molecule has 0 saturated carbocycles. The number of imidazole rings is 1. The van der Waals surface area contributed by atoms with Crippen molar-refractivity contribution in [3.05, 3.63) is 18.2 Å². The Balaban J connectivity index is 2.48. The summed E-state index contributed by atoms with van der Waals surface area (Å²) in [6.07, 6.45) is 2.12. The number of nitrogen functional groups attached to an aromatic ring is 1. The largest absolute Gasteiger partial charge is 0.491 e. The summed E-state index contributed by atoms with van der Waals surface area (Å²) in [6.45, 7) is 4.45.